The van der Waals surface area contributed by atoms with Gasteiger partial charge in [0.1, 0.15) is 46.5 Å². The smallest absolute Gasteiger partial charge is 0.204 e. The molecule has 0 amide bonds. The van der Waals surface area contributed by atoms with E-state index in [0.717, 1.165) is 81.2 Å². The second kappa shape index (κ2) is 17.4. The first-order valence-electron chi connectivity index (χ1n) is 18.6. The highest BCUT2D eigenvalue weighted by molar-refractivity contribution is 5.97. The molecule has 0 bridgehead atoms. The molecule has 10 nitrogen and oxygen atoms in total. The van der Waals surface area contributed by atoms with Crippen molar-refractivity contribution >= 4 is 21.9 Å². The van der Waals surface area contributed by atoms with Crippen LogP contribution in [-0.4, -0.2) is 129 Å². The van der Waals surface area contributed by atoms with Crippen LogP contribution in [0.25, 0.3) is 21.9 Å². The molecule has 0 radical (unpaired) electrons. The molecule has 3 aromatic rings. The van der Waals surface area contributed by atoms with Crippen molar-refractivity contribution in [2.75, 3.05) is 92.8 Å². The molecule has 10 heteroatoms. The van der Waals surface area contributed by atoms with Crippen molar-refractivity contribution in [3.05, 3.63) is 62.3 Å². The third-order valence-electron chi connectivity index (χ3n) is 10.2. The zero-order valence-corrected chi connectivity index (χ0v) is 32.2. The molecule has 2 unspecified atom stereocenters. The van der Waals surface area contributed by atoms with Gasteiger partial charge in [-0.05, 0) is 72.7 Å². The van der Waals surface area contributed by atoms with Gasteiger partial charge in [-0.15, -0.1) is 0 Å². The molecule has 2 N–H and O–H groups in total. The van der Waals surface area contributed by atoms with Gasteiger partial charge in [-0.3, -0.25) is 9.69 Å². The predicted octanol–water partition coefficient (Wildman–Crippen LogP) is 5.23. The van der Waals surface area contributed by atoms with Gasteiger partial charge < -0.3 is 38.8 Å². The van der Waals surface area contributed by atoms with E-state index in [4.69, 9.17) is 13.9 Å². The van der Waals surface area contributed by atoms with Gasteiger partial charge in [0, 0.05) is 89.1 Å². The van der Waals surface area contributed by atoms with Gasteiger partial charge in [0.2, 0.25) is 5.43 Å². The number of ether oxygens (including phenoxy) is 2. The van der Waals surface area contributed by atoms with Crippen LogP contribution in [0.5, 0.6) is 17.2 Å². The molecule has 2 saturated heterocycles. The van der Waals surface area contributed by atoms with Crippen LogP contribution in [0.4, 0.5) is 0 Å². The molecular formula is C41H60N4O6. The number of likely N-dealkylation sites (N-methyl/N-ethyl adjacent to an activating group) is 2. The number of nitrogens with zero attached hydrogens (tertiary/aromatic N) is 4. The Hall–Kier alpha value is -3.41. The minimum Gasteiger partial charge on any atom is -0.507 e. The van der Waals surface area contributed by atoms with E-state index in [1.165, 1.54) is 0 Å². The summed E-state index contributed by atoms with van der Waals surface area (Å²) in [6, 6.07) is 3.52. The monoisotopic (exact) mass is 704 g/mol. The summed E-state index contributed by atoms with van der Waals surface area (Å²) >= 11 is 0. The Morgan fingerprint density at radius 3 is 1.88 bits per heavy atom. The standard InChI is InChI=1S/C41H60N4O6/c1-27(2)9-11-32-30(6)34(50-26-31(46)24-45-19-15-43(8)16-20-45)21-36-38(32)41(48)39-37(51-36)22-35(33(40(39)47)12-10-28(3)4)49-25-29(5)23-44-17-13-42(7)14-18-44/h9-10,21-22,29,31,46-47H,11-20,23-26H2,1-8H3. The SMILES string of the molecule is CC(C)=CCc1c(OCC(C)CN2CCN(C)CC2)cc2oc3cc(OCC(O)CN4CCN(C)CC4)c(C)c(CC=C(C)C)c3c(=O)c2c1O. The van der Waals surface area contributed by atoms with Gasteiger partial charge in [-0.25, -0.2) is 0 Å². The number of allylic oxidation sites excluding steroid dienone is 4. The van der Waals surface area contributed by atoms with Crippen molar-refractivity contribution < 1.29 is 24.1 Å². The van der Waals surface area contributed by atoms with Crippen LogP contribution in [0, 0.1) is 12.8 Å². The summed E-state index contributed by atoms with van der Waals surface area (Å²) < 4.78 is 19.2. The zero-order chi connectivity index (χ0) is 36.8. The lowest BCUT2D eigenvalue weighted by Crippen LogP contribution is -2.47. The summed E-state index contributed by atoms with van der Waals surface area (Å²) in [5.41, 5.74) is 4.79. The van der Waals surface area contributed by atoms with Gasteiger partial charge in [0.15, 0.2) is 0 Å². The molecular weight excluding hydrogens is 644 g/mol. The number of β-amino-alcohol motifs (C(OH)–C–C–N with tert-alkyl or cyclic N) is 1. The molecule has 2 aliphatic heterocycles. The van der Waals surface area contributed by atoms with Crippen molar-refractivity contribution in [1.82, 2.24) is 19.6 Å². The topological polar surface area (TPSA) is 102 Å². The highest BCUT2D eigenvalue weighted by Crippen LogP contribution is 2.39. The highest BCUT2D eigenvalue weighted by Gasteiger charge is 2.25. The largest absolute Gasteiger partial charge is 0.507 e. The molecule has 51 heavy (non-hydrogen) atoms. The number of hydrogen-bond acceptors (Lipinski definition) is 10. The number of hydrogen-bond donors (Lipinski definition) is 2. The van der Waals surface area contributed by atoms with Crippen LogP contribution >= 0.6 is 0 Å². The second-order valence-corrected chi connectivity index (χ2v) is 15.4. The summed E-state index contributed by atoms with van der Waals surface area (Å²) in [5.74, 6) is 1.25. The maximum Gasteiger partial charge on any atom is 0.204 e. The fourth-order valence-electron chi connectivity index (χ4n) is 6.99. The van der Waals surface area contributed by atoms with Crippen LogP contribution < -0.4 is 14.9 Å². The van der Waals surface area contributed by atoms with E-state index in [2.05, 4.69) is 46.7 Å². The fraction of sp³-hybridized carbons (Fsp3) is 0.585. The average Bonchev–Trinajstić information content (AvgIpc) is 3.07. The number of phenolic OH excluding ortho intramolecular Hbond substituents is 1. The Bertz CT molecular complexity index is 1770. The molecule has 2 aliphatic rings. The lowest BCUT2D eigenvalue weighted by Gasteiger charge is -2.33. The third-order valence-corrected chi connectivity index (χ3v) is 10.2. The van der Waals surface area contributed by atoms with E-state index in [1.54, 1.807) is 12.1 Å². The maximum atomic E-state index is 14.5. The number of piperazine rings is 2. The van der Waals surface area contributed by atoms with Crippen molar-refractivity contribution in [2.45, 2.75) is 60.5 Å². The Morgan fingerprint density at radius 1 is 0.784 bits per heavy atom. The van der Waals surface area contributed by atoms with E-state index in [1.807, 2.05) is 40.7 Å². The highest BCUT2D eigenvalue weighted by atomic mass is 16.5. The van der Waals surface area contributed by atoms with Crippen molar-refractivity contribution in [3.63, 3.8) is 0 Å². The molecule has 280 valence electrons. The van der Waals surface area contributed by atoms with Gasteiger partial charge >= 0.3 is 0 Å². The molecule has 1 aromatic heterocycles. The van der Waals surface area contributed by atoms with Crippen molar-refractivity contribution in [1.29, 1.82) is 0 Å². The number of rotatable bonds is 14. The number of benzene rings is 2. The second-order valence-electron chi connectivity index (χ2n) is 15.4. The van der Waals surface area contributed by atoms with E-state index in [0.29, 0.717) is 54.0 Å². The Morgan fingerprint density at radius 2 is 1.29 bits per heavy atom. The quantitative estimate of drug-likeness (QED) is 0.172. The number of phenols is 1. The number of aliphatic hydroxyl groups is 1. The van der Waals surface area contributed by atoms with E-state index < -0.39 is 6.10 Å². The molecule has 2 atom stereocenters. The molecule has 0 saturated carbocycles. The summed E-state index contributed by atoms with van der Waals surface area (Å²) in [6.07, 6.45) is 4.38. The minimum absolute atomic E-state index is 0.0967. The lowest BCUT2D eigenvalue weighted by molar-refractivity contribution is 0.0503. The van der Waals surface area contributed by atoms with Crippen molar-refractivity contribution in [2.24, 2.45) is 5.92 Å². The number of fused-ring (bicyclic) bond motifs is 2. The summed E-state index contributed by atoms with van der Waals surface area (Å²) in [5, 5.41) is 23.3. The zero-order valence-electron chi connectivity index (χ0n) is 32.2. The Kier molecular flexibility index (Phi) is 13.2. The van der Waals surface area contributed by atoms with E-state index in [-0.39, 0.29) is 34.7 Å². The Labute approximate surface area is 303 Å². The van der Waals surface area contributed by atoms with Gasteiger partial charge in [-0.2, -0.15) is 0 Å². The average molecular weight is 705 g/mol. The molecule has 2 fully saturated rings. The van der Waals surface area contributed by atoms with Crippen molar-refractivity contribution in [3.8, 4) is 17.2 Å². The van der Waals surface area contributed by atoms with Crippen LogP contribution in [0.3, 0.4) is 0 Å². The molecule has 2 aromatic carbocycles. The molecule has 0 aliphatic carbocycles. The summed E-state index contributed by atoms with van der Waals surface area (Å²) in [7, 11) is 4.27. The molecule has 0 spiro atoms. The van der Waals surface area contributed by atoms with Crippen LogP contribution in [0.15, 0.2) is 44.6 Å². The van der Waals surface area contributed by atoms with Gasteiger partial charge in [0.05, 0.1) is 12.0 Å². The van der Waals surface area contributed by atoms with Crippen LogP contribution in [-0.2, 0) is 12.8 Å². The van der Waals surface area contributed by atoms with Gasteiger partial charge in [0.25, 0.3) is 0 Å². The normalized spacial score (nSPS) is 17.8. The molecule has 5 rings (SSSR count). The number of aliphatic hydroxyl groups excluding tert-OH is 1. The molecule has 3 heterocycles. The van der Waals surface area contributed by atoms with E-state index >= 15 is 0 Å². The van der Waals surface area contributed by atoms with Crippen LogP contribution in [0.1, 0.15) is 51.3 Å². The first-order valence-corrected chi connectivity index (χ1v) is 18.6. The number of aromatic hydroxyl groups is 1. The first-order chi connectivity index (χ1) is 24.3. The van der Waals surface area contributed by atoms with E-state index in [9.17, 15) is 15.0 Å². The Balaban J connectivity index is 1.50. The lowest BCUT2D eigenvalue weighted by atomic mass is 9.96. The van der Waals surface area contributed by atoms with Crippen LogP contribution in [0.2, 0.25) is 0 Å². The predicted molar refractivity (Wildman–Crippen MR) is 207 cm³/mol. The summed E-state index contributed by atoms with van der Waals surface area (Å²) in [6.45, 7) is 22.3. The maximum absolute atomic E-state index is 14.5. The minimum atomic E-state index is -0.664. The van der Waals surface area contributed by atoms with Gasteiger partial charge in [-0.1, -0.05) is 30.2 Å². The first kappa shape index (κ1) is 38.8. The summed E-state index contributed by atoms with van der Waals surface area (Å²) in [4.78, 5) is 23.8. The fourth-order valence-corrected chi connectivity index (χ4v) is 6.99. The third kappa shape index (κ3) is 9.93.